The molecule has 2 aliphatic heterocycles. The summed E-state index contributed by atoms with van der Waals surface area (Å²) in [7, 11) is 7.88. The summed E-state index contributed by atoms with van der Waals surface area (Å²) in [5.74, 6) is 2.25. The van der Waals surface area contributed by atoms with E-state index in [-0.39, 0.29) is 11.8 Å². The zero-order valence-electron chi connectivity index (χ0n) is 28.3. The maximum atomic E-state index is 12.2. The predicted octanol–water partition coefficient (Wildman–Crippen LogP) is 5.53. The Kier molecular flexibility index (Phi) is 10.4. The van der Waals surface area contributed by atoms with Crippen molar-refractivity contribution in [1.82, 2.24) is 40.0 Å². The molecule has 0 radical (unpaired) electrons. The number of imidazole rings is 2. The molecule has 2 amide bonds. The summed E-state index contributed by atoms with van der Waals surface area (Å²) < 4.78 is 4.28. The summed E-state index contributed by atoms with van der Waals surface area (Å²) in [6.07, 6.45) is 0. The summed E-state index contributed by atoms with van der Waals surface area (Å²) in [5, 5.41) is 8.63. The van der Waals surface area contributed by atoms with Gasteiger partial charge in [-0.3, -0.25) is 9.59 Å². The summed E-state index contributed by atoms with van der Waals surface area (Å²) in [6.45, 7) is 3.58. The Balaban J connectivity index is 0.000000158. The van der Waals surface area contributed by atoms with Crippen LogP contribution in [0.25, 0.3) is 44.8 Å². The van der Waals surface area contributed by atoms with Gasteiger partial charge in [-0.2, -0.15) is 0 Å². The van der Waals surface area contributed by atoms with Crippen molar-refractivity contribution in [1.29, 1.82) is 0 Å². The van der Waals surface area contributed by atoms with Crippen molar-refractivity contribution in [3.63, 3.8) is 0 Å². The van der Waals surface area contributed by atoms with E-state index in [1.807, 2.05) is 74.8 Å². The maximum absolute atomic E-state index is 12.2. The average Bonchev–Trinajstić information content (AvgIpc) is 3.55. The van der Waals surface area contributed by atoms with E-state index in [2.05, 4.69) is 68.3 Å². The van der Waals surface area contributed by atoms with Gasteiger partial charge in [0.2, 0.25) is 0 Å². The van der Waals surface area contributed by atoms with Crippen LogP contribution in [-0.4, -0.2) is 77.1 Å². The van der Waals surface area contributed by atoms with Gasteiger partial charge in [0.1, 0.15) is 11.6 Å². The molecule has 4 heterocycles. The largest absolute Gasteiger partial charge is 0.350 e. The fraction of sp³-hybridized carbons (Fsp3) is 0.263. The van der Waals surface area contributed by atoms with Crippen LogP contribution in [0.4, 0.5) is 0 Å². The Labute approximate surface area is 291 Å². The van der Waals surface area contributed by atoms with Gasteiger partial charge >= 0.3 is 0 Å². The first kappa shape index (κ1) is 33.9. The van der Waals surface area contributed by atoms with E-state index in [1.165, 1.54) is 5.56 Å². The Hall–Kier alpha value is -5.03. The molecule has 11 heteroatoms. The van der Waals surface area contributed by atoms with E-state index >= 15 is 0 Å². The topological polar surface area (TPSA) is 109 Å². The zero-order chi connectivity index (χ0) is 34.5. The van der Waals surface area contributed by atoms with Crippen molar-refractivity contribution in [2.24, 2.45) is 0 Å². The molecule has 3 N–H and O–H groups in total. The van der Waals surface area contributed by atoms with Crippen molar-refractivity contribution in [2.75, 3.05) is 41.3 Å². The van der Waals surface area contributed by atoms with E-state index in [1.54, 1.807) is 0 Å². The molecule has 0 saturated heterocycles. The van der Waals surface area contributed by atoms with Crippen LogP contribution in [0.1, 0.15) is 31.8 Å². The van der Waals surface area contributed by atoms with Gasteiger partial charge < -0.3 is 30.0 Å². The molecule has 10 nitrogen and oxygen atoms in total. The van der Waals surface area contributed by atoms with E-state index in [4.69, 9.17) is 21.6 Å². The predicted molar refractivity (Wildman–Crippen MR) is 197 cm³/mol. The first-order valence-corrected chi connectivity index (χ1v) is 16.9. The summed E-state index contributed by atoms with van der Waals surface area (Å²) >= 11 is 5.85. The minimum atomic E-state index is -0.0340. The number of hydrogen-bond acceptors (Lipinski definition) is 6. The fourth-order valence-corrected chi connectivity index (χ4v) is 6.41. The van der Waals surface area contributed by atoms with E-state index in [9.17, 15) is 9.59 Å². The molecule has 2 aromatic heterocycles. The standard InChI is InChI=1S/C19H20N4O.C17H14ClN3O.C2H7N/c1-22(2)12-13-6-8-14(9-7-13)18-21-16-5-3-4-15-17(16)23(18)11-10-20-19(15)24;18-10-11-4-6-12(7-5-11)16-20-14-3-1-2-13-15(14)21(16)9-8-19-17(13)22;1-3-2/h3-9H,10-12H2,1-2H3,(H,20,24);1-7H,8-10H2,(H,19,22);3H,1-2H3. The Morgan fingerprint density at radius 3 is 1.53 bits per heavy atom. The Bertz CT molecular complexity index is 2100. The number of halogens is 1. The molecule has 49 heavy (non-hydrogen) atoms. The molecule has 252 valence electrons. The number of carbonyl (C=O) groups is 2. The fourth-order valence-electron chi connectivity index (χ4n) is 6.23. The van der Waals surface area contributed by atoms with Gasteiger partial charge in [-0.05, 0) is 63.6 Å². The molecule has 0 unspecified atom stereocenters. The normalized spacial score (nSPS) is 13.5. The molecule has 0 atom stereocenters. The quantitative estimate of drug-likeness (QED) is 0.207. The van der Waals surface area contributed by atoms with Crippen LogP contribution in [0.15, 0.2) is 84.9 Å². The monoisotopic (exact) mass is 676 g/mol. The molecule has 4 aromatic carbocycles. The minimum absolute atomic E-state index is 0.0212. The summed E-state index contributed by atoms with van der Waals surface area (Å²) in [6, 6.07) is 28.0. The molecule has 0 spiro atoms. The molecule has 0 saturated carbocycles. The van der Waals surface area contributed by atoms with Crippen molar-refractivity contribution in [3.05, 3.63) is 107 Å². The van der Waals surface area contributed by atoms with Gasteiger partial charge in [0.25, 0.3) is 11.8 Å². The zero-order valence-corrected chi connectivity index (χ0v) is 29.0. The number of nitrogens with one attached hydrogen (secondary N) is 3. The van der Waals surface area contributed by atoms with Crippen LogP contribution in [0.2, 0.25) is 0 Å². The van der Waals surface area contributed by atoms with Crippen LogP contribution in [0.5, 0.6) is 0 Å². The third-order valence-corrected chi connectivity index (χ3v) is 8.65. The van der Waals surface area contributed by atoms with Crippen LogP contribution in [-0.2, 0) is 25.5 Å². The highest BCUT2D eigenvalue weighted by Crippen LogP contribution is 2.30. The molecule has 0 bridgehead atoms. The number of alkyl halides is 1. The van der Waals surface area contributed by atoms with Crippen molar-refractivity contribution < 1.29 is 9.59 Å². The maximum Gasteiger partial charge on any atom is 0.253 e. The molecule has 6 aromatic rings. The number of benzene rings is 4. The first-order chi connectivity index (χ1) is 23.8. The Morgan fingerprint density at radius 2 is 1.12 bits per heavy atom. The van der Waals surface area contributed by atoms with Gasteiger partial charge in [-0.1, -0.05) is 60.7 Å². The van der Waals surface area contributed by atoms with E-state index in [0.29, 0.717) is 36.6 Å². The summed E-state index contributed by atoms with van der Waals surface area (Å²) in [5.41, 5.74) is 9.42. The SMILES string of the molecule is CN(C)Cc1ccc(-c2nc3cccc4c3n2CCNC4=O)cc1.CNC.O=C1NCCn2c(-c3ccc(CCl)cc3)nc3cccc1c32. The third-order valence-electron chi connectivity index (χ3n) is 8.34. The number of nitrogens with zero attached hydrogens (tertiary/aromatic N) is 5. The second-order valence-electron chi connectivity index (χ2n) is 12.3. The molecule has 2 aliphatic rings. The third kappa shape index (κ3) is 7.07. The number of para-hydroxylation sites is 2. The highest BCUT2D eigenvalue weighted by Gasteiger charge is 2.23. The van der Waals surface area contributed by atoms with Gasteiger partial charge in [-0.25, -0.2) is 9.97 Å². The molecular formula is C38H41ClN8O2. The summed E-state index contributed by atoms with van der Waals surface area (Å²) in [4.78, 5) is 36.1. The lowest BCUT2D eigenvalue weighted by molar-refractivity contribution is 0.0948. The lowest BCUT2D eigenvalue weighted by Gasteiger charge is -2.11. The first-order valence-electron chi connectivity index (χ1n) is 16.4. The lowest BCUT2D eigenvalue weighted by atomic mass is 10.1. The van der Waals surface area contributed by atoms with Gasteiger partial charge in [0, 0.05) is 49.7 Å². The second-order valence-corrected chi connectivity index (χ2v) is 12.6. The smallest absolute Gasteiger partial charge is 0.253 e. The van der Waals surface area contributed by atoms with Gasteiger partial charge in [0.05, 0.1) is 33.2 Å². The van der Waals surface area contributed by atoms with Gasteiger partial charge in [0.15, 0.2) is 0 Å². The van der Waals surface area contributed by atoms with Crippen LogP contribution in [0.3, 0.4) is 0 Å². The van der Waals surface area contributed by atoms with Gasteiger partial charge in [-0.15, -0.1) is 11.6 Å². The highest BCUT2D eigenvalue weighted by atomic mass is 35.5. The number of rotatable bonds is 5. The lowest BCUT2D eigenvalue weighted by Crippen LogP contribution is -2.24. The second kappa shape index (κ2) is 15.0. The van der Waals surface area contributed by atoms with Crippen LogP contribution >= 0.6 is 11.6 Å². The van der Waals surface area contributed by atoms with Crippen molar-refractivity contribution in [2.45, 2.75) is 25.5 Å². The van der Waals surface area contributed by atoms with E-state index < -0.39 is 0 Å². The molecule has 8 rings (SSSR count). The minimum Gasteiger partial charge on any atom is -0.350 e. The number of hydrogen-bond donors (Lipinski definition) is 3. The number of amides is 2. The van der Waals surface area contributed by atoms with E-state index in [0.717, 1.165) is 63.5 Å². The van der Waals surface area contributed by atoms with Crippen molar-refractivity contribution in [3.8, 4) is 22.8 Å². The van der Waals surface area contributed by atoms with Crippen LogP contribution < -0.4 is 16.0 Å². The van der Waals surface area contributed by atoms with Crippen molar-refractivity contribution >= 4 is 45.5 Å². The molecular weight excluding hydrogens is 636 g/mol. The number of carbonyl (C=O) groups excluding carboxylic acids is 2. The highest BCUT2D eigenvalue weighted by molar-refractivity contribution is 6.17. The number of aromatic nitrogens is 4. The molecule has 0 aliphatic carbocycles. The van der Waals surface area contributed by atoms with Crippen LogP contribution in [0, 0.1) is 0 Å². The average molecular weight is 677 g/mol. The Morgan fingerprint density at radius 1 is 0.694 bits per heavy atom. The molecule has 0 fully saturated rings.